The summed E-state index contributed by atoms with van der Waals surface area (Å²) in [6.45, 7) is -0.501. The van der Waals surface area contributed by atoms with Crippen molar-refractivity contribution in [1.29, 1.82) is 0 Å². The number of alkyl halides is 3. The molecule has 0 bridgehead atoms. The van der Waals surface area contributed by atoms with E-state index >= 15 is 0 Å². The van der Waals surface area contributed by atoms with Gasteiger partial charge in [0.1, 0.15) is 12.6 Å². The van der Waals surface area contributed by atoms with E-state index in [0.29, 0.717) is 13.2 Å². The van der Waals surface area contributed by atoms with Crippen molar-refractivity contribution in [3.8, 4) is 0 Å². The summed E-state index contributed by atoms with van der Waals surface area (Å²) in [5, 5.41) is 8.85. The number of carboxylic acids is 1. The van der Waals surface area contributed by atoms with Crippen LogP contribution in [0.25, 0.3) is 0 Å². The molecule has 5 nitrogen and oxygen atoms in total. The van der Waals surface area contributed by atoms with Crippen LogP contribution in [-0.4, -0.2) is 67.7 Å². The zero-order valence-electron chi connectivity index (χ0n) is 9.07. The molecule has 1 heterocycles. The summed E-state index contributed by atoms with van der Waals surface area (Å²) >= 11 is 0. The summed E-state index contributed by atoms with van der Waals surface area (Å²) < 4.78 is 44.7. The first-order valence-corrected chi connectivity index (χ1v) is 5.09. The van der Waals surface area contributed by atoms with E-state index in [0.717, 1.165) is 0 Å². The average Bonchev–Trinajstić information content (AvgIpc) is 2.23. The van der Waals surface area contributed by atoms with Gasteiger partial charge >= 0.3 is 12.1 Å². The second kappa shape index (κ2) is 6.18. The number of ether oxygens (including phenoxy) is 2. The van der Waals surface area contributed by atoms with E-state index < -0.39 is 24.8 Å². The molecule has 8 heteroatoms. The molecular formula is C9H14F3NO4. The third-order valence-corrected chi connectivity index (χ3v) is 2.31. The van der Waals surface area contributed by atoms with Gasteiger partial charge in [0.2, 0.25) is 0 Å². The number of carboxylic acid groups (broad SMARTS) is 1. The molecule has 1 fully saturated rings. The highest BCUT2D eigenvalue weighted by Gasteiger charge is 2.30. The minimum atomic E-state index is -4.35. The quantitative estimate of drug-likeness (QED) is 0.720. The average molecular weight is 257 g/mol. The first-order chi connectivity index (χ1) is 7.90. The molecule has 1 aliphatic heterocycles. The Morgan fingerprint density at radius 3 is 2.82 bits per heavy atom. The van der Waals surface area contributed by atoms with Gasteiger partial charge < -0.3 is 14.6 Å². The summed E-state index contributed by atoms with van der Waals surface area (Å²) in [6.07, 6.45) is -4.35. The van der Waals surface area contributed by atoms with Crippen LogP contribution in [0, 0.1) is 0 Å². The van der Waals surface area contributed by atoms with Crippen LogP contribution >= 0.6 is 0 Å². The van der Waals surface area contributed by atoms with Crippen LogP contribution in [0.4, 0.5) is 13.2 Å². The fourth-order valence-electron chi connectivity index (χ4n) is 1.50. The van der Waals surface area contributed by atoms with E-state index in [9.17, 15) is 18.0 Å². The second-order valence-corrected chi connectivity index (χ2v) is 3.63. The van der Waals surface area contributed by atoms with Gasteiger partial charge in [-0.1, -0.05) is 0 Å². The monoisotopic (exact) mass is 257 g/mol. The van der Waals surface area contributed by atoms with Gasteiger partial charge in [0.05, 0.1) is 19.8 Å². The number of hydrogen-bond acceptors (Lipinski definition) is 4. The lowest BCUT2D eigenvalue weighted by Gasteiger charge is -2.32. The summed E-state index contributed by atoms with van der Waals surface area (Å²) in [7, 11) is 0. The molecule has 0 aromatic heterocycles. The molecule has 1 aliphatic rings. The van der Waals surface area contributed by atoms with E-state index in [4.69, 9.17) is 9.84 Å². The molecule has 1 atom stereocenters. The maximum atomic E-state index is 11.8. The second-order valence-electron chi connectivity index (χ2n) is 3.63. The van der Waals surface area contributed by atoms with Crippen molar-refractivity contribution in [2.24, 2.45) is 0 Å². The van der Waals surface area contributed by atoms with Gasteiger partial charge in [-0.2, -0.15) is 13.2 Å². The van der Waals surface area contributed by atoms with Crippen LogP contribution in [0.15, 0.2) is 0 Å². The molecule has 0 spiro atoms. The molecule has 1 saturated heterocycles. The molecule has 1 unspecified atom stereocenters. The first kappa shape index (κ1) is 14.2. The number of halogens is 3. The van der Waals surface area contributed by atoms with E-state index in [-0.39, 0.29) is 19.8 Å². The van der Waals surface area contributed by atoms with Crippen LogP contribution in [0.2, 0.25) is 0 Å². The minimum absolute atomic E-state index is 0.0502. The highest BCUT2D eigenvalue weighted by molar-refractivity contribution is 5.73. The van der Waals surface area contributed by atoms with E-state index in [1.54, 1.807) is 4.90 Å². The third-order valence-electron chi connectivity index (χ3n) is 2.31. The van der Waals surface area contributed by atoms with Crippen LogP contribution in [0.1, 0.15) is 0 Å². The van der Waals surface area contributed by atoms with Gasteiger partial charge in [0.15, 0.2) is 0 Å². The fraction of sp³-hybridized carbons (Fsp3) is 0.889. The van der Waals surface area contributed by atoms with Crippen molar-refractivity contribution in [2.45, 2.75) is 12.2 Å². The maximum Gasteiger partial charge on any atom is 0.411 e. The van der Waals surface area contributed by atoms with Crippen molar-refractivity contribution < 1.29 is 32.5 Å². The summed E-state index contributed by atoms with van der Waals surface area (Å²) in [5.41, 5.74) is 0. The predicted octanol–water partition coefficient (Wildman–Crippen LogP) is 0.351. The molecule has 0 saturated carbocycles. The Hall–Kier alpha value is -0.860. The fourth-order valence-corrected chi connectivity index (χ4v) is 1.50. The lowest BCUT2D eigenvalue weighted by molar-refractivity contribution is -0.176. The highest BCUT2D eigenvalue weighted by Crippen LogP contribution is 2.14. The number of carbonyl (C=O) groups is 1. The SMILES string of the molecule is O=C(O)C1COCCN1CCOCC(F)(F)F. The Labute approximate surface area is 96.1 Å². The van der Waals surface area contributed by atoms with Gasteiger partial charge in [0.25, 0.3) is 0 Å². The highest BCUT2D eigenvalue weighted by atomic mass is 19.4. The molecule has 100 valence electrons. The molecule has 17 heavy (non-hydrogen) atoms. The molecule has 1 rings (SSSR count). The predicted molar refractivity (Wildman–Crippen MR) is 50.7 cm³/mol. The van der Waals surface area contributed by atoms with Crippen molar-refractivity contribution in [3.63, 3.8) is 0 Å². The van der Waals surface area contributed by atoms with Crippen LogP contribution in [-0.2, 0) is 14.3 Å². The lowest BCUT2D eigenvalue weighted by Crippen LogP contribution is -2.51. The van der Waals surface area contributed by atoms with E-state index in [2.05, 4.69) is 4.74 Å². The normalized spacial score (nSPS) is 22.6. The molecule has 1 N–H and O–H groups in total. The Kier molecular flexibility index (Phi) is 5.16. The number of morpholine rings is 1. The lowest BCUT2D eigenvalue weighted by atomic mass is 10.2. The maximum absolute atomic E-state index is 11.8. The molecule has 0 aliphatic carbocycles. The largest absolute Gasteiger partial charge is 0.480 e. The van der Waals surface area contributed by atoms with Crippen molar-refractivity contribution in [3.05, 3.63) is 0 Å². The van der Waals surface area contributed by atoms with Gasteiger partial charge in [0, 0.05) is 13.1 Å². The van der Waals surface area contributed by atoms with Gasteiger partial charge in [-0.05, 0) is 0 Å². The van der Waals surface area contributed by atoms with Crippen molar-refractivity contribution >= 4 is 5.97 Å². The molecule has 0 amide bonds. The summed E-state index contributed by atoms with van der Waals surface area (Å²) in [6, 6.07) is -0.807. The topological polar surface area (TPSA) is 59.0 Å². The van der Waals surface area contributed by atoms with Crippen LogP contribution in [0.5, 0.6) is 0 Å². The standard InChI is InChI=1S/C9H14F3NO4/c10-9(11,12)6-17-4-2-13-1-3-16-5-7(13)8(14)15/h7H,1-6H2,(H,14,15). The van der Waals surface area contributed by atoms with E-state index in [1.807, 2.05) is 0 Å². The smallest absolute Gasteiger partial charge is 0.411 e. The molecule has 0 aromatic carbocycles. The zero-order chi connectivity index (χ0) is 12.9. The van der Waals surface area contributed by atoms with Crippen molar-refractivity contribution in [1.82, 2.24) is 4.90 Å². The number of hydrogen-bond donors (Lipinski definition) is 1. The Bertz CT molecular complexity index is 259. The number of rotatable bonds is 5. The van der Waals surface area contributed by atoms with Crippen LogP contribution in [0.3, 0.4) is 0 Å². The first-order valence-electron chi connectivity index (χ1n) is 5.09. The molecule has 0 radical (unpaired) electrons. The Morgan fingerprint density at radius 2 is 2.24 bits per heavy atom. The Morgan fingerprint density at radius 1 is 1.53 bits per heavy atom. The Balaban J connectivity index is 2.26. The third kappa shape index (κ3) is 5.33. The molecular weight excluding hydrogens is 243 g/mol. The number of aliphatic carboxylic acids is 1. The van der Waals surface area contributed by atoms with E-state index in [1.165, 1.54) is 0 Å². The summed E-state index contributed by atoms with van der Waals surface area (Å²) in [4.78, 5) is 12.4. The zero-order valence-corrected chi connectivity index (χ0v) is 9.07. The number of nitrogens with zero attached hydrogens (tertiary/aromatic N) is 1. The molecule has 0 aromatic rings. The van der Waals surface area contributed by atoms with Crippen molar-refractivity contribution in [2.75, 3.05) is 39.5 Å². The van der Waals surface area contributed by atoms with Gasteiger partial charge in [-0.15, -0.1) is 0 Å². The van der Waals surface area contributed by atoms with Gasteiger partial charge in [-0.25, -0.2) is 0 Å². The van der Waals surface area contributed by atoms with Crippen LogP contribution < -0.4 is 0 Å². The van der Waals surface area contributed by atoms with Gasteiger partial charge in [-0.3, -0.25) is 9.69 Å². The minimum Gasteiger partial charge on any atom is -0.480 e. The summed E-state index contributed by atoms with van der Waals surface area (Å²) in [5.74, 6) is -1.04.